The van der Waals surface area contributed by atoms with Crippen molar-refractivity contribution in [3.63, 3.8) is 0 Å². The molecule has 0 fully saturated rings. The van der Waals surface area contributed by atoms with Crippen molar-refractivity contribution in [3.05, 3.63) is 346 Å². The molecule has 4 aliphatic rings. The average molecular weight is 1310 g/mol. The van der Waals surface area contributed by atoms with E-state index in [1.165, 1.54) is 62.2 Å². The van der Waals surface area contributed by atoms with Crippen LogP contribution >= 0.6 is 22.7 Å². The van der Waals surface area contributed by atoms with E-state index in [0.29, 0.717) is 0 Å². The largest absolute Gasteiger partial charge is 0.458 e. The zero-order chi connectivity index (χ0) is 65.5. The number of fused-ring (bicyclic) bond motifs is 14. The fraction of sp³-hybridized carbons (Fsp3) is 0. The molecule has 0 bridgehead atoms. The highest BCUT2D eigenvalue weighted by Gasteiger charge is 2.49. The van der Waals surface area contributed by atoms with Crippen LogP contribution in [0.1, 0.15) is 0 Å². The molecule has 0 radical (unpaired) electrons. The van der Waals surface area contributed by atoms with Crippen molar-refractivity contribution in [2.75, 3.05) is 24.5 Å². The summed E-state index contributed by atoms with van der Waals surface area (Å²) in [4.78, 5) is 12.7. The molecule has 100 heavy (non-hydrogen) atoms. The number of nitrogens with zero attached hydrogens (tertiary/aromatic N) is 5. The second-order valence-electron chi connectivity index (χ2n) is 26.2. The molecule has 2 aromatic heterocycles. The lowest BCUT2D eigenvalue weighted by molar-refractivity contribution is 0.487. The summed E-state index contributed by atoms with van der Waals surface area (Å²) in [7, 11) is 0. The molecule has 466 valence electrons. The fourth-order valence-electron chi connectivity index (χ4n) is 16.8. The number of rotatable bonds is 10. The molecule has 0 unspecified atom stereocenters. The molecule has 0 saturated carbocycles. The highest BCUT2D eigenvalue weighted by molar-refractivity contribution is 7.26. The molecule has 10 heteroatoms. The molecule has 0 N–H and O–H groups in total. The molecule has 0 atom stereocenters. The zero-order valence-electron chi connectivity index (χ0n) is 54.0. The van der Waals surface area contributed by atoms with Gasteiger partial charge in [-0.05, 0) is 166 Å². The Kier molecular flexibility index (Phi) is 12.9. The van der Waals surface area contributed by atoms with Gasteiger partial charge in [-0.3, -0.25) is 0 Å². The van der Waals surface area contributed by atoms with E-state index in [1.807, 2.05) is 22.7 Å². The summed E-state index contributed by atoms with van der Waals surface area (Å²) >= 11 is 3.71. The monoisotopic (exact) mass is 1310 g/mol. The molecule has 4 aliphatic heterocycles. The van der Waals surface area contributed by atoms with Gasteiger partial charge in [-0.15, -0.1) is 22.7 Å². The van der Waals surface area contributed by atoms with E-state index in [0.717, 1.165) is 119 Å². The van der Waals surface area contributed by atoms with Crippen LogP contribution in [0, 0.1) is 0 Å². The normalized spacial score (nSPS) is 13.0. The summed E-state index contributed by atoms with van der Waals surface area (Å²) in [5, 5.41) is 4.92. The number of ether oxygens (including phenoxy) is 1. The highest BCUT2D eigenvalue weighted by Crippen LogP contribution is 2.55. The number of benzene rings is 15. The van der Waals surface area contributed by atoms with Gasteiger partial charge >= 0.3 is 0 Å². The maximum absolute atomic E-state index is 7.45. The average Bonchev–Trinajstić information content (AvgIpc) is 0.774. The molecule has 6 nitrogen and oxygen atoms in total. The second-order valence-corrected chi connectivity index (χ2v) is 28.4. The summed E-state index contributed by atoms with van der Waals surface area (Å²) in [6, 6.07) is 128. The van der Waals surface area contributed by atoms with E-state index < -0.39 is 0 Å². The molecular weight excluding hydrogens is 1250 g/mol. The number of thiophene rings is 2. The second kappa shape index (κ2) is 22.6. The molecule has 17 aromatic rings. The molecule has 15 aromatic carbocycles. The molecule has 21 rings (SSSR count). The first-order chi connectivity index (χ1) is 49.6. The first-order valence-corrected chi connectivity index (χ1v) is 35.8. The van der Waals surface area contributed by atoms with Crippen LogP contribution in [0.5, 0.6) is 11.5 Å². The van der Waals surface area contributed by atoms with E-state index in [1.54, 1.807) is 0 Å². The third-order valence-electron chi connectivity index (χ3n) is 20.8. The van der Waals surface area contributed by atoms with Crippen molar-refractivity contribution in [1.29, 1.82) is 0 Å². The predicted octanol–water partition coefficient (Wildman–Crippen LogP) is 21.5. The summed E-state index contributed by atoms with van der Waals surface area (Å²) in [6.07, 6.45) is 0. The number of anilines is 15. The van der Waals surface area contributed by atoms with Crippen LogP contribution in [0.3, 0.4) is 0 Å². The van der Waals surface area contributed by atoms with E-state index >= 15 is 0 Å². The number of para-hydroxylation sites is 7. The summed E-state index contributed by atoms with van der Waals surface area (Å²) in [5.41, 5.74) is 25.6. The number of hydrogen-bond acceptors (Lipinski definition) is 8. The quantitative estimate of drug-likeness (QED) is 0.127. The lowest BCUT2D eigenvalue weighted by atomic mass is 9.30. The molecular formula is C90H57B2N5OS2. The lowest BCUT2D eigenvalue weighted by Crippen LogP contribution is -2.64. The van der Waals surface area contributed by atoms with Crippen LogP contribution in [0.15, 0.2) is 346 Å². The first-order valence-electron chi connectivity index (χ1n) is 34.2. The van der Waals surface area contributed by atoms with Crippen molar-refractivity contribution in [2.24, 2.45) is 0 Å². The maximum atomic E-state index is 7.45. The van der Waals surface area contributed by atoms with E-state index in [2.05, 4.69) is 370 Å². The van der Waals surface area contributed by atoms with Gasteiger partial charge in [0.05, 0.1) is 28.4 Å². The Morgan fingerprint density at radius 1 is 0.270 bits per heavy atom. The Balaban J connectivity index is 0.915. The molecule has 0 aliphatic carbocycles. The van der Waals surface area contributed by atoms with Gasteiger partial charge in [0.2, 0.25) is 0 Å². The molecule has 0 amide bonds. The molecule has 0 spiro atoms. The van der Waals surface area contributed by atoms with E-state index in [9.17, 15) is 0 Å². The van der Waals surface area contributed by atoms with E-state index in [4.69, 9.17) is 4.74 Å². The summed E-state index contributed by atoms with van der Waals surface area (Å²) in [6.45, 7) is -0.462. The van der Waals surface area contributed by atoms with Gasteiger partial charge in [0.1, 0.15) is 11.5 Å². The highest BCUT2D eigenvalue weighted by atomic mass is 32.1. The van der Waals surface area contributed by atoms with E-state index in [-0.39, 0.29) is 13.4 Å². The van der Waals surface area contributed by atoms with Gasteiger partial charge in [-0.25, -0.2) is 0 Å². The van der Waals surface area contributed by atoms with Crippen molar-refractivity contribution in [2.45, 2.75) is 0 Å². The Morgan fingerprint density at radius 2 is 0.740 bits per heavy atom. The van der Waals surface area contributed by atoms with Crippen molar-refractivity contribution < 1.29 is 4.74 Å². The third kappa shape index (κ3) is 8.64. The number of hydrogen-bond donors (Lipinski definition) is 0. The van der Waals surface area contributed by atoms with Gasteiger partial charge in [-0.2, -0.15) is 0 Å². The Labute approximate surface area is 588 Å². The van der Waals surface area contributed by atoms with Crippen LogP contribution in [-0.2, 0) is 0 Å². The summed E-state index contributed by atoms with van der Waals surface area (Å²) in [5.74, 6) is 1.68. The Hall–Kier alpha value is -12.3. The lowest BCUT2D eigenvalue weighted by Gasteiger charge is -2.47. The maximum Gasteiger partial charge on any atom is 0.256 e. The predicted molar refractivity (Wildman–Crippen MR) is 427 cm³/mol. The van der Waals surface area contributed by atoms with Crippen LogP contribution in [0.4, 0.5) is 85.3 Å². The van der Waals surface area contributed by atoms with Gasteiger partial charge < -0.3 is 29.2 Å². The fourth-order valence-corrected chi connectivity index (χ4v) is 19.0. The smallest absolute Gasteiger partial charge is 0.256 e. The van der Waals surface area contributed by atoms with Crippen molar-refractivity contribution in [1.82, 2.24) is 0 Å². The minimum atomic E-state index is -0.232. The minimum Gasteiger partial charge on any atom is -0.458 e. The Morgan fingerprint density at radius 3 is 1.42 bits per heavy atom. The van der Waals surface area contributed by atoms with Crippen LogP contribution in [-0.4, -0.2) is 13.4 Å². The Bertz CT molecular complexity index is 6110. The van der Waals surface area contributed by atoms with Gasteiger partial charge in [0.25, 0.3) is 13.4 Å². The standard InChI is InChI=1S/C90H57B2N5OS2/c1-6-28-58(29-7-1)65-38-16-21-43-72(65)96-76-57-77-71(92-69-42-20-23-47-81(69)98-82-55-64(93(59-30-8-2-9-31-59)60-32-10-3-11-33-60)54-80(90(82)92)97(77)75-46-27-51-86-88(75)67-40-18-25-49-84(67)100-86)56-70(76)91-68-41-19-22-44-73(68)95(62-36-14-5-15-37-62)78-52-63(53-79(96)89(78)91)94(61-34-12-4-13-35-61)74-45-26-50-85-87(74)66-39-17-24-48-83(66)99-85/h1-57H. The van der Waals surface area contributed by atoms with Gasteiger partial charge in [0, 0.05) is 109 Å². The topological polar surface area (TPSA) is 25.4 Å². The summed E-state index contributed by atoms with van der Waals surface area (Å²) < 4.78 is 12.4. The zero-order valence-corrected chi connectivity index (χ0v) is 55.7. The van der Waals surface area contributed by atoms with Gasteiger partial charge in [0.15, 0.2) is 0 Å². The van der Waals surface area contributed by atoms with Crippen LogP contribution in [0.2, 0.25) is 0 Å². The molecule has 0 saturated heterocycles. The van der Waals surface area contributed by atoms with Crippen LogP contribution in [0.25, 0.3) is 51.5 Å². The van der Waals surface area contributed by atoms with Crippen molar-refractivity contribution >= 4 is 195 Å². The van der Waals surface area contributed by atoms with Crippen molar-refractivity contribution in [3.8, 4) is 22.6 Å². The first kappa shape index (κ1) is 56.8. The van der Waals surface area contributed by atoms with Gasteiger partial charge in [-0.1, -0.05) is 212 Å². The molecule has 6 heterocycles. The third-order valence-corrected chi connectivity index (χ3v) is 23.1. The minimum absolute atomic E-state index is 0.230. The van der Waals surface area contributed by atoms with Crippen LogP contribution < -0.4 is 62.0 Å². The SMILES string of the molecule is c1ccc(-c2ccccc2N2c3cc4c(cc3B3c5ccccc5N(c5ccccc5)c5cc(N(c6ccccc6)c6cccc7sc8ccccc8c67)cc2c53)B2c3ccccc3Oc3cc(N(c5ccccc5)c5ccccc5)cc(c32)N4c2cccc3sc4ccccc4c23)cc1.